The molecule has 0 aromatic heterocycles. The van der Waals surface area contributed by atoms with Crippen LogP contribution < -0.4 is 0 Å². The summed E-state index contributed by atoms with van der Waals surface area (Å²) in [6.45, 7) is 0. The number of benzene rings is 1. The number of aromatic hydroxyl groups is 2. The monoisotopic (exact) mass is 255 g/mol. The normalized spacial score (nSPS) is 17.4. The average molecular weight is 255 g/mol. The molecule has 96 valence electrons. The van der Waals surface area contributed by atoms with E-state index in [0.29, 0.717) is 18.9 Å². The Morgan fingerprint density at radius 1 is 1.17 bits per heavy atom. The summed E-state index contributed by atoms with van der Waals surface area (Å²) in [7, 11) is 0. The van der Waals surface area contributed by atoms with Crippen LogP contribution in [0.4, 0.5) is 8.78 Å². The van der Waals surface area contributed by atoms with Gasteiger partial charge in [0.2, 0.25) is 6.08 Å². The number of hydrogen-bond acceptors (Lipinski definition) is 4. The van der Waals surface area contributed by atoms with E-state index in [1.54, 1.807) is 0 Å². The SMILES string of the molecule is O=C=NC1(c2c(F)c(O)cc(O)c2F)CCCC1. The zero-order valence-corrected chi connectivity index (χ0v) is 9.41. The Morgan fingerprint density at radius 2 is 1.67 bits per heavy atom. The molecule has 1 aliphatic carbocycles. The summed E-state index contributed by atoms with van der Waals surface area (Å²) in [5.41, 5.74) is -1.92. The van der Waals surface area contributed by atoms with Gasteiger partial charge in [0, 0.05) is 6.07 Å². The molecule has 0 amide bonds. The Bertz CT molecular complexity index is 506. The summed E-state index contributed by atoms with van der Waals surface area (Å²) in [5, 5.41) is 18.6. The highest BCUT2D eigenvalue weighted by molar-refractivity contribution is 5.46. The van der Waals surface area contributed by atoms with Crippen molar-refractivity contribution in [2.45, 2.75) is 31.2 Å². The van der Waals surface area contributed by atoms with E-state index in [4.69, 9.17) is 0 Å². The summed E-state index contributed by atoms with van der Waals surface area (Å²) >= 11 is 0. The summed E-state index contributed by atoms with van der Waals surface area (Å²) < 4.78 is 27.7. The smallest absolute Gasteiger partial charge is 0.235 e. The van der Waals surface area contributed by atoms with Crippen molar-refractivity contribution in [1.82, 2.24) is 0 Å². The Hall–Kier alpha value is -1.94. The maximum Gasteiger partial charge on any atom is 0.235 e. The number of phenols is 2. The molecule has 0 aliphatic heterocycles. The van der Waals surface area contributed by atoms with Crippen LogP contribution in [0.25, 0.3) is 0 Å². The van der Waals surface area contributed by atoms with Crippen LogP contribution >= 0.6 is 0 Å². The van der Waals surface area contributed by atoms with E-state index in [1.165, 1.54) is 6.08 Å². The van der Waals surface area contributed by atoms with E-state index in [1.807, 2.05) is 0 Å². The minimum atomic E-state index is -1.37. The van der Waals surface area contributed by atoms with Gasteiger partial charge in [-0.1, -0.05) is 12.8 Å². The van der Waals surface area contributed by atoms with Gasteiger partial charge in [-0.2, -0.15) is 4.99 Å². The fraction of sp³-hybridized carbons (Fsp3) is 0.417. The van der Waals surface area contributed by atoms with Gasteiger partial charge < -0.3 is 10.2 Å². The number of aliphatic imine (C=N–C) groups is 1. The second-order valence-electron chi connectivity index (χ2n) is 4.36. The number of halogens is 2. The van der Waals surface area contributed by atoms with E-state index in [0.717, 1.165) is 0 Å². The second-order valence-corrected chi connectivity index (χ2v) is 4.36. The van der Waals surface area contributed by atoms with Crippen LogP contribution in [0.3, 0.4) is 0 Å². The number of isocyanates is 1. The fourth-order valence-corrected chi connectivity index (χ4v) is 2.48. The highest BCUT2D eigenvalue weighted by Gasteiger charge is 2.42. The highest BCUT2D eigenvalue weighted by atomic mass is 19.1. The zero-order chi connectivity index (χ0) is 13.3. The van der Waals surface area contributed by atoms with Crippen LogP contribution in [-0.4, -0.2) is 16.3 Å². The summed E-state index contributed by atoms with van der Waals surface area (Å²) in [6, 6.07) is 0.585. The van der Waals surface area contributed by atoms with Crippen molar-refractivity contribution in [1.29, 1.82) is 0 Å². The van der Waals surface area contributed by atoms with Crippen molar-refractivity contribution < 1.29 is 23.8 Å². The largest absolute Gasteiger partial charge is 0.505 e. The molecule has 4 nitrogen and oxygen atoms in total. The Balaban J connectivity index is 2.72. The molecule has 0 bridgehead atoms. The van der Waals surface area contributed by atoms with E-state index in [9.17, 15) is 23.8 Å². The third-order valence-corrected chi connectivity index (χ3v) is 3.32. The minimum absolute atomic E-state index is 0.277. The molecule has 2 N–H and O–H groups in total. The van der Waals surface area contributed by atoms with Gasteiger partial charge >= 0.3 is 0 Å². The van der Waals surface area contributed by atoms with Crippen LogP contribution in [0.2, 0.25) is 0 Å². The Morgan fingerprint density at radius 3 is 2.11 bits per heavy atom. The average Bonchev–Trinajstić information content (AvgIpc) is 2.77. The molecule has 0 unspecified atom stereocenters. The van der Waals surface area contributed by atoms with Gasteiger partial charge in [0.05, 0.1) is 5.56 Å². The number of rotatable bonds is 2. The van der Waals surface area contributed by atoms with Gasteiger partial charge in [0.15, 0.2) is 23.1 Å². The Labute approximate surface area is 102 Å². The lowest BCUT2D eigenvalue weighted by molar-refractivity contribution is 0.352. The van der Waals surface area contributed by atoms with Crippen LogP contribution in [0.15, 0.2) is 11.1 Å². The third kappa shape index (κ3) is 1.75. The van der Waals surface area contributed by atoms with Gasteiger partial charge in [-0.05, 0) is 12.8 Å². The maximum absolute atomic E-state index is 13.9. The number of carbonyl (C=O) groups excluding carboxylic acids is 1. The van der Waals surface area contributed by atoms with E-state index >= 15 is 0 Å². The van der Waals surface area contributed by atoms with E-state index in [-0.39, 0.29) is 12.8 Å². The van der Waals surface area contributed by atoms with Crippen molar-refractivity contribution in [3.05, 3.63) is 23.3 Å². The molecule has 1 aromatic rings. The van der Waals surface area contributed by atoms with Crippen molar-refractivity contribution in [3.63, 3.8) is 0 Å². The summed E-state index contributed by atoms with van der Waals surface area (Å²) in [5.74, 6) is -4.11. The molecule has 1 fully saturated rings. The molecule has 0 radical (unpaired) electrons. The minimum Gasteiger partial charge on any atom is -0.505 e. The van der Waals surface area contributed by atoms with Crippen LogP contribution in [0.1, 0.15) is 31.2 Å². The first-order valence-corrected chi connectivity index (χ1v) is 5.51. The van der Waals surface area contributed by atoms with Crippen LogP contribution in [0.5, 0.6) is 11.5 Å². The Kier molecular flexibility index (Phi) is 3.05. The zero-order valence-electron chi connectivity index (χ0n) is 9.41. The third-order valence-electron chi connectivity index (χ3n) is 3.32. The predicted octanol–water partition coefficient (Wildman–Crippen LogP) is 2.48. The molecular formula is C12H11F2NO3. The standard InChI is InChI=1S/C12H11F2NO3/c13-10-7(17)5-8(18)11(14)9(10)12(15-6-16)3-1-2-4-12/h5,17-18H,1-4H2. The number of nitrogens with zero attached hydrogens (tertiary/aromatic N) is 1. The molecule has 18 heavy (non-hydrogen) atoms. The van der Waals surface area contributed by atoms with Gasteiger partial charge in [-0.15, -0.1) is 0 Å². The topological polar surface area (TPSA) is 69.9 Å². The lowest BCUT2D eigenvalue weighted by atomic mass is 9.87. The van der Waals surface area contributed by atoms with Gasteiger partial charge in [-0.25, -0.2) is 13.6 Å². The fourth-order valence-electron chi connectivity index (χ4n) is 2.48. The molecule has 1 aliphatic rings. The summed E-state index contributed by atoms with van der Waals surface area (Å²) in [6.07, 6.45) is 3.18. The molecular weight excluding hydrogens is 244 g/mol. The van der Waals surface area contributed by atoms with Crippen LogP contribution in [0, 0.1) is 11.6 Å². The van der Waals surface area contributed by atoms with Crippen molar-refractivity contribution in [2.24, 2.45) is 4.99 Å². The highest BCUT2D eigenvalue weighted by Crippen LogP contribution is 2.47. The van der Waals surface area contributed by atoms with Crippen molar-refractivity contribution >= 4 is 6.08 Å². The van der Waals surface area contributed by atoms with Crippen molar-refractivity contribution in [2.75, 3.05) is 0 Å². The first-order chi connectivity index (χ1) is 8.52. The van der Waals surface area contributed by atoms with Gasteiger partial charge in [0.25, 0.3) is 0 Å². The van der Waals surface area contributed by atoms with E-state index < -0.39 is 34.2 Å². The van der Waals surface area contributed by atoms with E-state index in [2.05, 4.69) is 4.99 Å². The maximum atomic E-state index is 13.9. The molecule has 0 spiro atoms. The number of hydrogen-bond donors (Lipinski definition) is 2. The van der Waals surface area contributed by atoms with Crippen molar-refractivity contribution in [3.8, 4) is 11.5 Å². The predicted molar refractivity (Wildman–Crippen MR) is 58.0 cm³/mol. The first kappa shape index (κ1) is 12.5. The molecule has 1 aromatic carbocycles. The van der Waals surface area contributed by atoms with Crippen LogP contribution in [-0.2, 0) is 10.3 Å². The quantitative estimate of drug-likeness (QED) is 0.630. The van der Waals surface area contributed by atoms with Gasteiger partial charge in [0.1, 0.15) is 5.54 Å². The molecule has 1 saturated carbocycles. The molecule has 2 rings (SSSR count). The molecule has 0 saturated heterocycles. The summed E-state index contributed by atoms with van der Waals surface area (Å²) in [4.78, 5) is 14.0. The second kappa shape index (κ2) is 4.38. The lowest BCUT2D eigenvalue weighted by Crippen LogP contribution is -2.22. The lowest BCUT2D eigenvalue weighted by Gasteiger charge is -2.24. The molecule has 6 heteroatoms. The first-order valence-electron chi connectivity index (χ1n) is 5.51. The number of phenolic OH excluding ortho intramolecular Hbond substituents is 2. The van der Waals surface area contributed by atoms with Gasteiger partial charge in [-0.3, -0.25) is 0 Å². The molecule has 0 atom stereocenters. The molecule has 0 heterocycles.